The second kappa shape index (κ2) is 7.21. The van der Waals surface area contributed by atoms with Crippen LogP contribution in [0, 0.1) is 24.0 Å². The van der Waals surface area contributed by atoms with Gasteiger partial charge in [-0.2, -0.15) is 0 Å². The maximum Gasteiger partial charge on any atom is 0.243 e. The third kappa shape index (κ3) is 4.38. The summed E-state index contributed by atoms with van der Waals surface area (Å²) in [6.45, 7) is 5.32. The highest BCUT2D eigenvalue weighted by Gasteiger charge is 2.29. The van der Waals surface area contributed by atoms with Gasteiger partial charge in [-0.1, -0.05) is 6.92 Å². The van der Waals surface area contributed by atoms with Crippen LogP contribution in [0.15, 0.2) is 17.0 Å². The monoisotopic (exact) mass is 354 g/mol. The van der Waals surface area contributed by atoms with E-state index in [1.165, 1.54) is 6.92 Å². The molecule has 1 aliphatic rings. The van der Waals surface area contributed by atoms with Crippen LogP contribution < -0.4 is 10.0 Å². The quantitative estimate of drug-likeness (QED) is 0.872. The molecular weight excluding hydrogens is 334 g/mol. The van der Waals surface area contributed by atoms with Gasteiger partial charge >= 0.3 is 0 Å². The Hall–Kier alpha value is -0.760. The summed E-state index contributed by atoms with van der Waals surface area (Å²) < 4.78 is 53.8. The van der Waals surface area contributed by atoms with E-state index in [1.54, 1.807) is 0 Å². The number of hydrogen-bond acceptors (Lipinski definition) is 3. The van der Waals surface area contributed by atoms with Gasteiger partial charge < -0.3 is 5.32 Å². The Morgan fingerprint density at radius 1 is 1.23 bits per heavy atom. The molecule has 0 radical (unpaired) electrons. The maximum absolute atomic E-state index is 13.7. The van der Waals surface area contributed by atoms with Crippen molar-refractivity contribution in [3.63, 3.8) is 0 Å². The minimum Gasteiger partial charge on any atom is -0.317 e. The molecule has 0 bridgehead atoms. The van der Waals surface area contributed by atoms with Crippen molar-refractivity contribution in [3.8, 4) is 0 Å². The molecule has 2 rings (SSSR count). The summed E-state index contributed by atoms with van der Waals surface area (Å²) in [6, 6.07) is 1.63. The van der Waals surface area contributed by atoms with Crippen molar-refractivity contribution in [2.24, 2.45) is 5.41 Å². The molecule has 22 heavy (non-hydrogen) atoms. The van der Waals surface area contributed by atoms with Gasteiger partial charge in [0.05, 0.1) is 0 Å². The van der Waals surface area contributed by atoms with Crippen molar-refractivity contribution < 1.29 is 17.2 Å². The van der Waals surface area contributed by atoms with Crippen LogP contribution in [0.4, 0.5) is 8.78 Å². The summed E-state index contributed by atoms with van der Waals surface area (Å²) >= 11 is 0. The first kappa shape index (κ1) is 19.3. The summed E-state index contributed by atoms with van der Waals surface area (Å²) in [6.07, 6.45) is 1.70. The molecule has 126 valence electrons. The van der Waals surface area contributed by atoms with E-state index in [0.29, 0.717) is 6.07 Å². The fourth-order valence-corrected chi connectivity index (χ4v) is 3.73. The van der Waals surface area contributed by atoms with Crippen molar-refractivity contribution in [3.05, 3.63) is 29.3 Å². The van der Waals surface area contributed by atoms with Crippen molar-refractivity contribution in [1.82, 2.24) is 10.0 Å². The number of halogens is 3. The standard InChI is InChI=1S/C14H20F2N2O2S.ClH/c1-10-7-13(12(16)8-11(10)15)21(19,20)18-9-14(2)3-5-17-6-4-14;/h7-8,17-18H,3-6,9H2,1-2H3;1H. The van der Waals surface area contributed by atoms with E-state index in [2.05, 4.69) is 10.0 Å². The van der Waals surface area contributed by atoms with Gasteiger partial charge in [0.1, 0.15) is 16.5 Å². The Balaban J connectivity index is 0.00000242. The highest BCUT2D eigenvalue weighted by atomic mass is 35.5. The average molecular weight is 355 g/mol. The second-order valence-electron chi connectivity index (χ2n) is 5.92. The Morgan fingerprint density at radius 2 is 1.82 bits per heavy atom. The van der Waals surface area contributed by atoms with Crippen molar-refractivity contribution >= 4 is 22.4 Å². The second-order valence-corrected chi connectivity index (χ2v) is 7.65. The lowest BCUT2D eigenvalue weighted by molar-refractivity contribution is 0.232. The number of hydrogen-bond donors (Lipinski definition) is 2. The molecule has 1 aliphatic heterocycles. The summed E-state index contributed by atoms with van der Waals surface area (Å²) in [7, 11) is -3.98. The van der Waals surface area contributed by atoms with E-state index in [1.807, 2.05) is 6.92 Å². The lowest BCUT2D eigenvalue weighted by Crippen LogP contribution is -2.43. The number of piperidine rings is 1. The predicted molar refractivity (Wildman–Crippen MR) is 83.7 cm³/mol. The molecule has 0 amide bonds. The van der Waals surface area contributed by atoms with Gasteiger partial charge in [-0.15, -0.1) is 12.4 Å². The highest BCUT2D eigenvalue weighted by Crippen LogP contribution is 2.28. The first-order valence-corrected chi connectivity index (χ1v) is 8.38. The van der Waals surface area contributed by atoms with Gasteiger partial charge in [0.2, 0.25) is 10.0 Å². The minimum absolute atomic E-state index is 0. The SMILES string of the molecule is Cc1cc(S(=O)(=O)NCC2(C)CCNCC2)c(F)cc1F.Cl. The maximum atomic E-state index is 13.7. The van der Waals surface area contributed by atoms with E-state index in [4.69, 9.17) is 0 Å². The molecule has 0 atom stereocenters. The van der Waals surface area contributed by atoms with Gasteiger partial charge in [0.15, 0.2) is 0 Å². The zero-order chi connectivity index (χ0) is 15.7. The summed E-state index contributed by atoms with van der Waals surface area (Å²) in [5, 5.41) is 3.21. The molecule has 1 heterocycles. The molecule has 2 N–H and O–H groups in total. The average Bonchev–Trinajstić information content (AvgIpc) is 2.42. The normalized spacial score (nSPS) is 17.8. The Labute approximate surface area is 136 Å². The molecule has 0 saturated carbocycles. The molecule has 0 spiro atoms. The smallest absolute Gasteiger partial charge is 0.243 e. The van der Waals surface area contributed by atoms with Gasteiger partial charge in [0.25, 0.3) is 0 Å². The van der Waals surface area contributed by atoms with Crippen molar-refractivity contribution in [1.29, 1.82) is 0 Å². The highest BCUT2D eigenvalue weighted by molar-refractivity contribution is 7.89. The Morgan fingerprint density at radius 3 is 2.41 bits per heavy atom. The summed E-state index contributed by atoms with van der Waals surface area (Å²) in [5.41, 5.74) is -0.0472. The molecule has 0 unspecified atom stereocenters. The van der Waals surface area contributed by atoms with E-state index in [-0.39, 0.29) is 29.9 Å². The minimum atomic E-state index is -3.98. The van der Waals surface area contributed by atoms with Crippen molar-refractivity contribution in [2.75, 3.05) is 19.6 Å². The fourth-order valence-electron chi connectivity index (χ4n) is 2.39. The zero-order valence-electron chi connectivity index (χ0n) is 12.6. The van der Waals surface area contributed by atoms with Crippen LogP contribution in [0.1, 0.15) is 25.3 Å². The first-order valence-electron chi connectivity index (χ1n) is 6.90. The molecule has 4 nitrogen and oxygen atoms in total. The molecule has 1 aromatic rings. The van der Waals surface area contributed by atoms with Crippen LogP contribution in [0.2, 0.25) is 0 Å². The third-order valence-corrected chi connectivity index (χ3v) is 5.42. The summed E-state index contributed by atoms with van der Waals surface area (Å²) in [4.78, 5) is -0.501. The van der Waals surface area contributed by atoms with Crippen molar-refractivity contribution in [2.45, 2.75) is 31.6 Å². The largest absolute Gasteiger partial charge is 0.317 e. The van der Waals surface area contributed by atoms with Gasteiger partial charge in [-0.05, 0) is 49.9 Å². The van der Waals surface area contributed by atoms with E-state index in [9.17, 15) is 17.2 Å². The van der Waals surface area contributed by atoms with Crippen LogP contribution in [0.3, 0.4) is 0 Å². The van der Waals surface area contributed by atoms with Crippen LogP contribution in [0.25, 0.3) is 0 Å². The van der Waals surface area contributed by atoms with Gasteiger partial charge in [-0.25, -0.2) is 21.9 Å². The van der Waals surface area contributed by atoms with E-state index < -0.39 is 26.6 Å². The number of benzene rings is 1. The van der Waals surface area contributed by atoms with Crippen LogP contribution >= 0.6 is 12.4 Å². The topological polar surface area (TPSA) is 58.2 Å². The Bertz CT molecular complexity index is 632. The molecule has 0 aliphatic carbocycles. The molecule has 8 heteroatoms. The lowest BCUT2D eigenvalue weighted by Gasteiger charge is -2.34. The lowest BCUT2D eigenvalue weighted by atomic mass is 9.81. The van der Waals surface area contributed by atoms with Crippen LogP contribution in [-0.2, 0) is 10.0 Å². The molecule has 1 saturated heterocycles. The predicted octanol–water partition coefficient (Wildman–Crippen LogP) is 2.36. The van der Waals surface area contributed by atoms with Crippen LogP contribution in [-0.4, -0.2) is 28.1 Å². The number of aryl methyl sites for hydroxylation is 1. The van der Waals surface area contributed by atoms with Gasteiger partial charge in [0, 0.05) is 12.6 Å². The Kier molecular flexibility index (Phi) is 6.32. The number of nitrogens with one attached hydrogen (secondary N) is 2. The third-order valence-electron chi connectivity index (χ3n) is 4.00. The number of rotatable bonds is 4. The van der Waals surface area contributed by atoms with E-state index >= 15 is 0 Å². The van der Waals surface area contributed by atoms with Gasteiger partial charge in [-0.3, -0.25) is 0 Å². The van der Waals surface area contributed by atoms with E-state index in [0.717, 1.165) is 32.0 Å². The first-order chi connectivity index (χ1) is 9.73. The number of sulfonamides is 1. The zero-order valence-corrected chi connectivity index (χ0v) is 14.2. The fraction of sp³-hybridized carbons (Fsp3) is 0.571. The molecule has 1 aromatic carbocycles. The molecule has 0 aromatic heterocycles. The van der Waals surface area contributed by atoms with Crippen LogP contribution in [0.5, 0.6) is 0 Å². The molecule has 1 fully saturated rings. The molecular formula is C14H21ClF2N2O2S. The summed E-state index contributed by atoms with van der Waals surface area (Å²) in [5.74, 6) is -1.82.